The Morgan fingerprint density at radius 3 is 2.38 bits per heavy atom. The second-order valence-electron chi connectivity index (χ2n) is 7.38. The van der Waals surface area contributed by atoms with Crippen LogP contribution in [0, 0.1) is 0 Å². The van der Waals surface area contributed by atoms with Gasteiger partial charge in [0.25, 0.3) is 0 Å². The monoisotopic (exact) mass is 350 g/mol. The Kier molecular flexibility index (Phi) is 6.84. The first-order chi connectivity index (χ1) is 12.7. The minimum Gasteiger partial charge on any atom is -0.341 e. The summed E-state index contributed by atoms with van der Waals surface area (Å²) in [5.41, 5.74) is 2.65. The Labute approximate surface area is 157 Å². The Balaban J connectivity index is 1.45. The molecular formula is C23H30N2O. The van der Waals surface area contributed by atoms with E-state index in [1.165, 1.54) is 17.5 Å². The van der Waals surface area contributed by atoms with Crippen LogP contribution in [0.4, 0.5) is 0 Å². The number of benzene rings is 2. The number of hydrogen-bond donors (Lipinski definition) is 0. The van der Waals surface area contributed by atoms with E-state index in [2.05, 4.69) is 71.4 Å². The van der Waals surface area contributed by atoms with Crippen LogP contribution in [0.15, 0.2) is 60.7 Å². The number of carbonyl (C=O) groups excluding carboxylic acids is 1. The van der Waals surface area contributed by atoms with E-state index in [1.807, 2.05) is 6.07 Å². The Hall–Kier alpha value is -2.13. The molecule has 1 saturated heterocycles. The predicted molar refractivity (Wildman–Crippen MR) is 107 cm³/mol. The van der Waals surface area contributed by atoms with Crippen LogP contribution in [0.5, 0.6) is 0 Å². The molecule has 3 heteroatoms. The molecule has 3 nitrogen and oxygen atoms in total. The molecule has 0 aromatic heterocycles. The smallest absolute Gasteiger partial charge is 0.222 e. The third-order valence-corrected chi connectivity index (χ3v) is 5.35. The third kappa shape index (κ3) is 5.43. The van der Waals surface area contributed by atoms with Crippen LogP contribution in [0.3, 0.4) is 0 Å². The van der Waals surface area contributed by atoms with Gasteiger partial charge in [0, 0.05) is 32.1 Å². The second kappa shape index (κ2) is 9.54. The minimum absolute atomic E-state index is 0.318. The molecule has 0 saturated carbocycles. The Bertz CT molecular complexity index is 671. The fourth-order valence-electron chi connectivity index (χ4n) is 3.79. The molecule has 26 heavy (non-hydrogen) atoms. The summed E-state index contributed by atoms with van der Waals surface area (Å²) in [4.78, 5) is 17.1. The van der Waals surface area contributed by atoms with Crippen LogP contribution < -0.4 is 0 Å². The molecule has 138 valence electrons. The lowest BCUT2D eigenvalue weighted by Crippen LogP contribution is -2.48. The summed E-state index contributed by atoms with van der Waals surface area (Å²) >= 11 is 0. The van der Waals surface area contributed by atoms with Gasteiger partial charge in [-0.3, -0.25) is 9.69 Å². The molecule has 0 bridgehead atoms. The maximum absolute atomic E-state index is 12.6. The molecule has 1 aliphatic rings. The van der Waals surface area contributed by atoms with Crippen molar-refractivity contribution in [2.24, 2.45) is 0 Å². The molecule has 0 unspecified atom stereocenters. The van der Waals surface area contributed by atoms with E-state index < -0.39 is 0 Å². The molecule has 0 aliphatic carbocycles. The van der Waals surface area contributed by atoms with Crippen LogP contribution in [-0.2, 0) is 17.8 Å². The van der Waals surface area contributed by atoms with Gasteiger partial charge in [-0.1, -0.05) is 60.7 Å². The fraction of sp³-hybridized carbons (Fsp3) is 0.435. The van der Waals surface area contributed by atoms with Gasteiger partial charge in [-0.15, -0.1) is 0 Å². The number of aryl methyl sites for hydroxylation is 1. The van der Waals surface area contributed by atoms with Gasteiger partial charge in [0.05, 0.1) is 0 Å². The molecule has 2 aromatic rings. The molecule has 1 atom stereocenters. The number of carbonyl (C=O) groups is 1. The highest BCUT2D eigenvalue weighted by molar-refractivity contribution is 5.76. The fourth-order valence-corrected chi connectivity index (χ4v) is 3.79. The number of piperidine rings is 1. The lowest BCUT2D eigenvalue weighted by molar-refractivity contribution is -0.133. The summed E-state index contributed by atoms with van der Waals surface area (Å²) in [5.74, 6) is 0.318. The number of likely N-dealkylation sites (tertiary alicyclic amines) is 1. The van der Waals surface area contributed by atoms with Crippen LogP contribution in [0.1, 0.15) is 36.8 Å². The standard InChI is InChI=1S/C23H30N2O/c1-24(18-21-12-6-3-7-13-21)22-15-9-17-25(19-22)23(26)16-8-14-20-10-4-2-5-11-20/h2-7,10-13,22H,8-9,14-19H2,1H3/t22-/m0/s1. The molecule has 0 N–H and O–H groups in total. The van der Waals surface area contributed by atoms with Gasteiger partial charge in [-0.2, -0.15) is 0 Å². The first-order valence-electron chi connectivity index (χ1n) is 9.78. The molecule has 2 aromatic carbocycles. The molecule has 1 heterocycles. The van der Waals surface area contributed by atoms with E-state index >= 15 is 0 Å². The van der Waals surface area contributed by atoms with E-state index in [9.17, 15) is 4.79 Å². The van der Waals surface area contributed by atoms with Gasteiger partial charge >= 0.3 is 0 Å². The van der Waals surface area contributed by atoms with Crippen molar-refractivity contribution < 1.29 is 4.79 Å². The summed E-state index contributed by atoms with van der Waals surface area (Å²) < 4.78 is 0. The van der Waals surface area contributed by atoms with E-state index in [-0.39, 0.29) is 0 Å². The molecule has 1 aliphatic heterocycles. The first kappa shape index (κ1) is 18.7. The summed E-state index contributed by atoms with van der Waals surface area (Å²) in [6, 6.07) is 21.5. The topological polar surface area (TPSA) is 23.6 Å². The van der Waals surface area contributed by atoms with Crippen molar-refractivity contribution in [1.29, 1.82) is 0 Å². The van der Waals surface area contributed by atoms with Crippen molar-refractivity contribution in [2.45, 2.75) is 44.7 Å². The van der Waals surface area contributed by atoms with Crippen molar-refractivity contribution in [1.82, 2.24) is 9.80 Å². The van der Waals surface area contributed by atoms with Gasteiger partial charge in [0.15, 0.2) is 0 Å². The SMILES string of the molecule is CN(Cc1ccccc1)[C@H]1CCCN(C(=O)CCCc2ccccc2)C1. The summed E-state index contributed by atoms with van der Waals surface area (Å²) in [6.45, 7) is 2.73. The van der Waals surface area contributed by atoms with Gasteiger partial charge < -0.3 is 4.90 Å². The van der Waals surface area contributed by atoms with Gasteiger partial charge in [-0.25, -0.2) is 0 Å². The second-order valence-corrected chi connectivity index (χ2v) is 7.38. The largest absolute Gasteiger partial charge is 0.341 e. The zero-order valence-electron chi connectivity index (χ0n) is 15.8. The van der Waals surface area contributed by atoms with Crippen LogP contribution in [0.25, 0.3) is 0 Å². The van der Waals surface area contributed by atoms with Gasteiger partial charge in [-0.05, 0) is 43.9 Å². The summed E-state index contributed by atoms with van der Waals surface area (Å²) in [5, 5.41) is 0. The first-order valence-corrected chi connectivity index (χ1v) is 9.78. The van der Waals surface area contributed by atoms with Crippen LogP contribution in [-0.4, -0.2) is 41.9 Å². The van der Waals surface area contributed by atoms with E-state index in [0.29, 0.717) is 18.4 Å². The summed E-state index contributed by atoms with van der Waals surface area (Å²) in [7, 11) is 2.18. The lowest BCUT2D eigenvalue weighted by Gasteiger charge is -2.38. The van der Waals surface area contributed by atoms with Crippen molar-refractivity contribution >= 4 is 5.91 Å². The summed E-state index contributed by atoms with van der Waals surface area (Å²) in [6.07, 6.45) is 4.86. The predicted octanol–water partition coefficient (Wildman–Crippen LogP) is 4.13. The Morgan fingerprint density at radius 1 is 1.04 bits per heavy atom. The normalized spacial score (nSPS) is 17.5. The molecule has 0 radical (unpaired) electrons. The maximum atomic E-state index is 12.6. The average molecular weight is 351 g/mol. The molecule has 0 spiro atoms. The van der Waals surface area contributed by atoms with E-state index in [4.69, 9.17) is 0 Å². The van der Waals surface area contributed by atoms with Crippen molar-refractivity contribution in [3.8, 4) is 0 Å². The van der Waals surface area contributed by atoms with Crippen molar-refractivity contribution in [2.75, 3.05) is 20.1 Å². The average Bonchev–Trinajstić information content (AvgIpc) is 2.69. The zero-order valence-corrected chi connectivity index (χ0v) is 15.8. The van der Waals surface area contributed by atoms with Crippen LogP contribution in [0.2, 0.25) is 0 Å². The van der Waals surface area contributed by atoms with E-state index in [1.54, 1.807) is 0 Å². The Morgan fingerprint density at radius 2 is 1.69 bits per heavy atom. The van der Waals surface area contributed by atoms with Gasteiger partial charge in [0.1, 0.15) is 0 Å². The number of rotatable bonds is 7. The quantitative estimate of drug-likeness (QED) is 0.749. The lowest BCUT2D eigenvalue weighted by atomic mass is 10.0. The zero-order chi connectivity index (χ0) is 18.2. The number of nitrogens with zero attached hydrogens (tertiary/aromatic N) is 2. The minimum atomic E-state index is 0.318. The molecule has 1 fully saturated rings. The number of likely N-dealkylation sites (N-methyl/N-ethyl adjacent to an activating group) is 1. The number of amides is 1. The third-order valence-electron chi connectivity index (χ3n) is 5.35. The maximum Gasteiger partial charge on any atom is 0.222 e. The molecular weight excluding hydrogens is 320 g/mol. The van der Waals surface area contributed by atoms with Crippen LogP contribution >= 0.6 is 0 Å². The van der Waals surface area contributed by atoms with Crippen molar-refractivity contribution in [3.05, 3.63) is 71.8 Å². The molecule has 1 amide bonds. The van der Waals surface area contributed by atoms with E-state index in [0.717, 1.165) is 38.9 Å². The highest BCUT2D eigenvalue weighted by atomic mass is 16.2. The molecule has 3 rings (SSSR count). The van der Waals surface area contributed by atoms with Gasteiger partial charge in [0.2, 0.25) is 5.91 Å². The highest BCUT2D eigenvalue weighted by Gasteiger charge is 2.25. The van der Waals surface area contributed by atoms with Crippen molar-refractivity contribution in [3.63, 3.8) is 0 Å². The highest BCUT2D eigenvalue weighted by Crippen LogP contribution is 2.18. The number of hydrogen-bond acceptors (Lipinski definition) is 2.